The van der Waals surface area contributed by atoms with Crippen molar-refractivity contribution in [1.82, 2.24) is 0 Å². The predicted octanol–water partition coefficient (Wildman–Crippen LogP) is 2.77. The summed E-state index contributed by atoms with van der Waals surface area (Å²) in [5, 5.41) is -5.25. The number of hydrogen-bond donors (Lipinski definition) is 1. The molecule has 23 heavy (non-hydrogen) atoms. The summed E-state index contributed by atoms with van der Waals surface area (Å²) in [4.78, 5) is 11.0. The van der Waals surface area contributed by atoms with Crippen molar-refractivity contribution >= 4 is 16.1 Å². The van der Waals surface area contributed by atoms with Crippen molar-refractivity contribution in [2.75, 3.05) is 0 Å². The van der Waals surface area contributed by atoms with Gasteiger partial charge in [-0.1, -0.05) is 0 Å². The number of ether oxygens (including phenoxy) is 1. The number of rotatable bonds is 4. The molecule has 13 heteroatoms. The monoisotopic (exact) mass is 376 g/mol. The van der Waals surface area contributed by atoms with Crippen LogP contribution in [0, 0.1) is 5.92 Å². The van der Waals surface area contributed by atoms with Crippen molar-refractivity contribution in [3.8, 4) is 0 Å². The highest BCUT2D eigenvalue weighted by atomic mass is 32.2. The van der Waals surface area contributed by atoms with Crippen molar-refractivity contribution in [2.45, 2.75) is 49.1 Å². The van der Waals surface area contributed by atoms with Crippen LogP contribution in [0.25, 0.3) is 0 Å². The standard InChI is InChI=1S/C10H11F7O5S/c11-8(12,10(15,16)17)5-1-3-6(4-2-5)22-7(18)9(13,14)23(19,20)21/h5-6H,1-4H2,(H,19,20,21). The van der Waals surface area contributed by atoms with Crippen molar-refractivity contribution in [3.05, 3.63) is 0 Å². The Hall–Kier alpha value is -1.11. The van der Waals surface area contributed by atoms with Gasteiger partial charge >= 0.3 is 33.4 Å². The number of carbonyl (C=O) groups is 1. The Morgan fingerprint density at radius 3 is 1.74 bits per heavy atom. The van der Waals surface area contributed by atoms with Gasteiger partial charge in [0.2, 0.25) is 0 Å². The summed E-state index contributed by atoms with van der Waals surface area (Å²) in [6.45, 7) is 0. The Labute approximate surface area is 125 Å². The molecule has 0 atom stereocenters. The second-order valence-corrected chi connectivity index (χ2v) is 6.45. The van der Waals surface area contributed by atoms with Crippen LogP contribution in [-0.4, -0.2) is 42.4 Å². The SMILES string of the molecule is O=C(OC1CCC(C(F)(F)C(F)(F)F)CC1)C(F)(F)S(=O)(=O)O. The fourth-order valence-electron chi connectivity index (χ4n) is 2.10. The highest BCUT2D eigenvalue weighted by Crippen LogP contribution is 2.47. The van der Waals surface area contributed by atoms with E-state index in [0.717, 1.165) is 0 Å². The molecule has 5 nitrogen and oxygen atoms in total. The molecular formula is C10H11F7O5S. The van der Waals surface area contributed by atoms with E-state index in [2.05, 4.69) is 4.74 Å². The summed E-state index contributed by atoms with van der Waals surface area (Å²) in [6.07, 6.45) is -9.90. The van der Waals surface area contributed by atoms with Crippen molar-refractivity contribution < 1.29 is 53.2 Å². The average molecular weight is 376 g/mol. The summed E-state index contributed by atoms with van der Waals surface area (Å²) in [5.74, 6) is -9.69. The molecule has 1 saturated carbocycles. The Bertz CT molecular complexity index is 548. The zero-order valence-electron chi connectivity index (χ0n) is 11.1. The third-order valence-electron chi connectivity index (χ3n) is 3.40. The molecule has 1 N–H and O–H groups in total. The Morgan fingerprint density at radius 1 is 0.957 bits per heavy atom. The lowest BCUT2D eigenvalue weighted by atomic mass is 9.83. The van der Waals surface area contributed by atoms with Crippen molar-refractivity contribution in [3.63, 3.8) is 0 Å². The van der Waals surface area contributed by atoms with Gasteiger partial charge in [0.05, 0.1) is 0 Å². The van der Waals surface area contributed by atoms with E-state index >= 15 is 0 Å². The molecule has 0 aromatic carbocycles. The lowest BCUT2D eigenvalue weighted by Gasteiger charge is -2.34. The molecule has 1 aliphatic carbocycles. The molecule has 0 aromatic rings. The minimum Gasteiger partial charge on any atom is -0.457 e. The van der Waals surface area contributed by atoms with Crippen LogP contribution < -0.4 is 0 Å². The maximum atomic E-state index is 13.1. The third-order valence-corrected chi connectivity index (χ3v) is 4.21. The molecule has 0 amide bonds. The average Bonchev–Trinajstić information content (AvgIpc) is 2.36. The molecule has 0 unspecified atom stereocenters. The van der Waals surface area contributed by atoms with Gasteiger partial charge < -0.3 is 4.74 Å². The van der Waals surface area contributed by atoms with Crippen LogP contribution in [0.5, 0.6) is 0 Å². The maximum Gasteiger partial charge on any atom is 0.465 e. The topological polar surface area (TPSA) is 80.7 Å². The zero-order valence-corrected chi connectivity index (χ0v) is 11.9. The number of halogens is 7. The summed E-state index contributed by atoms with van der Waals surface area (Å²) >= 11 is 0. The molecule has 1 rings (SSSR count). The van der Waals surface area contributed by atoms with Crippen LogP contribution >= 0.6 is 0 Å². The fourth-order valence-corrected chi connectivity index (χ4v) is 2.36. The van der Waals surface area contributed by atoms with Gasteiger partial charge in [0, 0.05) is 5.92 Å². The minimum absolute atomic E-state index is 0.580. The lowest BCUT2D eigenvalue weighted by Crippen LogP contribution is -2.46. The number of esters is 1. The van der Waals surface area contributed by atoms with Crippen molar-refractivity contribution in [2.24, 2.45) is 5.92 Å². The van der Waals surface area contributed by atoms with E-state index in [-0.39, 0.29) is 0 Å². The molecule has 0 aliphatic heterocycles. The first-order valence-corrected chi connectivity index (χ1v) is 7.55. The Morgan fingerprint density at radius 2 is 1.39 bits per heavy atom. The van der Waals surface area contributed by atoms with Crippen LogP contribution in [0.3, 0.4) is 0 Å². The van der Waals surface area contributed by atoms with Crippen LogP contribution in [-0.2, 0) is 19.6 Å². The smallest absolute Gasteiger partial charge is 0.457 e. The summed E-state index contributed by atoms with van der Waals surface area (Å²) in [6, 6.07) is 0. The fraction of sp³-hybridized carbons (Fsp3) is 0.900. The Kier molecular flexibility index (Phi) is 5.26. The molecule has 0 spiro atoms. The molecule has 0 saturated heterocycles. The second kappa shape index (κ2) is 6.07. The summed E-state index contributed by atoms with van der Waals surface area (Å²) in [7, 11) is -6.08. The zero-order chi connectivity index (χ0) is 18.3. The number of hydrogen-bond acceptors (Lipinski definition) is 4. The van der Waals surface area contributed by atoms with Gasteiger partial charge in [-0.25, -0.2) is 4.79 Å². The van der Waals surface area contributed by atoms with Crippen LogP contribution in [0.1, 0.15) is 25.7 Å². The van der Waals surface area contributed by atoms with Crippen LogP contribution in [0.15, 0.2) is 0 Å². The molecule has 0 heterocycles. The first-order valence-electron chi connectivity index (χ1n) is 6.11. The van der Waals surface area contributed by atoms with Gasteiger partial charge in [-0.2, -0.15) is 39.2 Å². The van der Waals surface area contributed by atoms with E-state index in [1.807, 2.05) is 0 Å². The largest absolute Gasteiger partial charge is 0.465 e. The van der Waals surface area contributed by atoms with E-state index in [1.54, 1.807) is 0 Å². The highest BCUT2D eigenvalue weighted by molar-refractivity contribution is 7.87. The quantitative estimate of drug-likeness (QED) is 0.464. The van der Waals surface area contributed by atoms with E-state index < -0.39 is 71.1 Å². The second-order valence-electron chi connectivity index (χ2n) is 4.99. The predicted molar refractivity (Wildman–Crippen MR) is 59.3 cm³/mol. The van der Waals surface area contributed by atoms with Gasteiger partial charge in [0.1, 0.15) is 6.10 Å². The van der Waals surface area contributed by atoms with Gasteiger partial charge in [-0.15, -0.1) is 0 Å². The van der Waals surface area contributed by atoms with Crippen LogP contribution in [0.2, 0.25) is 0 Å². The van der Waals surface area contributed by atoms with Crippen molar-refractivity contribution in [1.29, 1.82) is 0 Å². The summed E-state index contributed by atoms with van der Waals surface area (Å²) in [5.41, 5.74) is 0. The normalized spacial score (nSPS) is 24.3. The highest BCUT2D eigenvalue weighted by Gasteiger charge is 2.62. The first kappa shape index (κ1) is 19.9. The van der Waals surface area contributed by atoms with Gasteiger partial charge in [-0.05, 0) is 25.7 Å². The maximum absolute atomic E-state index is 13.1. The van der Waals surface area contributed by atoms with Crippen LogP contribution in [0.4, 0.5) is 30.7 Å². The molecule has 1 fully saturated rings. The van der Waals surface area contributed by atoms with E-state index in [9.17, 15) is 43.9 Å². The lowest BCUT2D eigenvalue weighted by molar-refractivity contribution is -0.306. The Balaban J connectivity index is 2.67. The number of alkyl halides is 7. The molecule has 136 valence electrons. The van der Waals surface area contributed by atoms with Gasteiger partial charge in [0.15, 0.2) is 0 Å². The molecule has 1 aliphatic rings. The van der Waals surface area contributed by atoms with E-state index in [0.29, 0.717) is 0 Å². The first-order chi connectivity index (χ1) is 10.1. The van der Waals surface area contributed by atoms with Gasteiger partial charge in [-0.3, -0.25) is 4.55 Å². The molecular weight excluding hydrogens is 365 g/mol. The minimum atomic E-state index is -6.08. The third kappa shape index (κ3) is 4.05. The molecule has 0 aromatic heterocycles. The number of carbonyl (C=O) groups excluding carboxylic acids is 1. The molecule has 0 bridgehead atoms. The van der Waals surface area contributed by atoms with Gasteiger partial charge in [0.25, 0.3) is 0 Å². The molecule has 0 radical (unpaired) electrons. The summed E-state index contributed by atoms with van der Waals surface area (Å²) < 4.78 is 121. The van der Waals surface area contributed by atoms with E-state index in [1.165, 1.54) is 0 Å². The van der Waals surface area contributed by atoms with E-state index in [4.69, 9.17) is 4.55 Å².